The van der Waals surface area contributed by atoms with Crippen molar-refractivity contribution in [1.82, 2.24) is 0 Å². The first-order valence-electron chi connectivity index (χ1n) is 4.69. The Morgan fingerprint density at radius 2 is 1.15 bits per heavy atom. The number of alkyl halides is 4. The summed E-state index contributed by atoms with van der Waals surface area (Å²) in [6.45, 7) is 0. The van der Waals surface area contributed by atoms with E-state index >= 15 is 0 Å². The van der Waals surface area contributed by atoms with Gasteiger partial charge in [0.2, 0.25) is 0 Å². The van der Waals surface area contributed by atoms with E-state index in [0.717, 1.165) is 0 Å². The zero-order valence-corrected chi connectivity index (χ0v) is 16.8. The highest BCUT2D eigenvalue weighted by atomic mass is 79.9. The van der Waals surface area contributed by atoms with Crippen molar-refractivity contribution in [2.24, 2.45) is 0 Å². The summed E-state index contributed by atoms with van der Waals surface area (Å²) in [5.74, 6) is 0. The monoisotopic (exact) mass is 472 g/mol. The summed E-state index contributed by atoms with van der Waals surface area (Å²) < 4.78 is 1.16. The van der Waals surface area contributed by atoms with Gasteiger partial charge in [0, 0.05) is 19.0 Å². The molecule has 0 heterocycles. The predicted molar refractivity (Wildman–Crippen MR) is 84.2 cm³/mol. The molecule has 0 amide bonds. The molecular weight excluding hydrogens is 460 g/mol. The van der Waals surface area contributed by atoms with E-state index in [1.54, 1.807) is 0 Å². The van der Waals surface area contributed by atoms with Crippen LogP contribution in [0.3, 0.4) is 0 Å². The fourth-order valence-electron chi connectivity index (χ4n) is 1.13. The van der Waals surface area contributed by atoms with Gasteiger partial charge in [-0.15, -0.1) is 0 Å². The lowest BCUT2D eigenvalue weighted by molar-refractivity contribution is 1.05. The lowest BCUT2D eigenvalue weighted by Gasteiger charge is -2.02. The summed E-state index contributed by atoms with van der Waals surface area (Å²) in [5, 5.41) is 0. The SMILES string of the molecule is BrC(Br)C[SiH2]CCC[SiH2]CC(Br)Br. The molecule has 6 heteroatoms. The molecule has 0 nitrogen and oxygen atoms in total. The minimum Gasteiger partial charge on any atom is -0.0768 e. The minimum atomic E-state index is 0.222. The normalized spacial score (nSPS) is 13.4. The van der Waals surface area contributed by atoms with E-state index in [2.05, 4.69) is 63.7 Å². The summed E-state index contributed by atoms with van der Waals surface area (Å²) in [6, 6.07) is 5.86. The third kappa shape index (κ3) is 14.4. The van der Waals surface area contributed by atoms with Crippen LogP contribution in [-0.4, -0.2) is 26.5 Å². The number of hydrogen-bond donors (Lipinski definition) is 0. The van der Waals surface area contributed by atoms with E-state index in [0.29, 0.717) is 7.47 Å². The highest BCUT2D eigenvalue weighted by Gasteiger charge is 1.99. The Kier molecular flexibility index (Phi) is 12.8. The topological polar surface area (TPSA) is 0 Å². The van der Waals surface area contributed by atoms with E-state index in [-0.39, 0.29) is 19.0 Å². The molecule has 0 fully saturated rings. The predicted octanol–water partition coefficient (Wildman–Crippen LogP) is 3.62. The Hall–Kier alpha value is 2.35. The molecule has 0 aliphatic rings. The minimum absolute atomic E-state index is 0.222. The van der Waals surface area contributed by atoms with Crippen molar-refractivity contribution in [3.8, 4) is 0 Å². The van der Waals surface area contributed by atoms with Gasteiger partial charge in [-0.1, -0.05) is 82.2 Å². The maximum Gasteiger partial charge on any atom is 0.0669 e. The molecule has 0 rings (SSSR count). The standard InChI is InChI=1S/C7H16Br4Si2/c8-6(9)4-12-2-1-3-13-5-7(10)11/h6-7H,1-5,12-13H2. The molecule has 0 saturated heterocycles. The third-order valence-electron chi connectivity index (χ3n) is 1.84. The molecule has 0 aromatic rings. The molecule has 0 aromatic carbocycles. The van der Waals surface area contributed by atoms with Gasteiger partial charge in [-0.3, -0.25) is 0 Å². The van der Waals surface area contributed by atoms with Crippen LogP contribution in [0.1, 0.15) is 6.42 Å². The zero-order valence-electron chi connectivity index (χ0n) is 7.62. The van der Waals surface area contributed by atoms with Gasteiger partial charge in [0.25, 0.3) is 0 Å². The highest BCUT2D eigenvalue weighted by Crippen LogP contribution is 2.15. The van der Waals surface area contributed by atoms with E-state index in [1.807, 2.05) is 0 Å². The number of hydrogen-bond acceptors (Lipinski definition) is 0. The smallest absolute Gasteiger partial charge is 0.0669 e. The average molecular weight is 476 g/mol. The first kappa shape index (κ1) is 15.4. The summed E-state index contributed by atoms with van der Waals surface area (Å²) in [7, 11) is 0.443. The fourth-order valence-corrected chi connectivity index (χ4v) is 8.33. The lowest BCUT2D eigenvalue weighted by Crippen LogP contribution is -1.98. The zero-order chi connectivity index (χ0) is 10.1. The molecule has 0 aliphatic heterocycles. The largest absolute Gasteiger partial charge is 0.0768 e. The van der Waals surface area contributed by atoms with Crippen LogP contribution >= 0.6 is 63.7 Å². The quantitative estimate of drug-likeness (QED) is 0.286. The first-order chi connectivity index (χ1) is 6.13. The maximum atomic E-state index is 3.52. The molecule has 13 heavy (non-hydrogen) atoms. The molecule has 0 spiro atoms. The Morgan fingerprint density at radius 1 is 0.769 bits per heavy atom. The fraction of sp³-hybridized carbons (Fsp3) is 1.00. The molecule has 0 aliphatic carbocycles. The second-order valence-corrected chi connectivity index (χ2v) is 14.0. The van der Waals surface area contributed by atoms with Crippen molar-refractivity contribution >= 4 is 82.8 Å². The van der Waals surface area contributed by atoms with Gasteiger partial charge in [-0.2, -0.15) is 0 Å². The van der Waals surface area contributed by atoms with Gasteiger partial charge >= 0.3 is 0 Å². The molecule has 0 radical (unpaired) electrons. The van der Waals surface area contributed by atoms with E-state index in [9.17, 15) is 0 Å². The summed E-state index contributed by atoms with van der Waals surface area (Å²) in [4.78, 5) is 0. The summed E-state index contributed by atoms with van der Waals surface area (Å²) >= 11 is 14.1. The first-order valence-corrected chi connectivity index (χ1v) is 12.4. The molecular formula is C7H16Br4Si2. The molecule has 80 valence electrons. The van der Waals surface area contributed by atoms with Crippen LogP contribution in [0.2, 0.25) is 24.2 Å². The van der Waals surface area contributed by atoms with Crippen molar-refractivity contribution in [2.75, 3.05) is 0 Å². The second kappa shape index (κ2) is 10.9. The van der Waals surface area contributed by atoms with Crippen molar-refractivity contribution in [1.29, 1.82) is 0 Å². The number of halogens is 4. The van der Waals surface area contributed by atoms with Crippen LogP contribution in [0.4, 0.5) is 0 Å². The summed E-state index contributed by atoms with van der Waals surface area (Å²) in [6.07, 6.45) is 1.50. The van der Waals surface area contributed by atoms with Gasteiger partial charge in [0.05, 0.1) is 7.47 Å². The van der Waals surface area contributed by atoms with Crippen LogP contribution in [0.25, 0.3) is 0 Å². The Bertz CT molecular complexity index is 98.7. The van der Waals surface area contributed by atoms with Crippen molar-refractivity contribution in [2.45, 2.75) is 38.1 Å². The Balaban J connectivity index is 2.92. The summed E-state index contributed by atoms with van der Waals surface area (Å²) in [5.41, 5.74) is 0. The average Bonchev–Trinajstić information content (AvgIpc) is 2.01. The molecule has 0 bridgehead atoms. The van der Waals surface area contributed by atoms with Crippen molar-refractivity contribution < 1.29 is 0 Å². The number of rotatable bonds is 8. The van der Waals surface area contributed by atoms with Crippen LogP contribution in [0.15, 0.2) is 0 Å². The van der Waals surface area contributed by atoms with E-state index in [1.165, 1.54) is 30.6 Å². The molecule has 0 saturated carbocycles. The van der Waals surface area contributed by atoms with Crippen molar-refractivity contribution in [3.63, 3.8) is 0 Å². The second-order valence-electron chi connectivity index (χ2n) is 3.13. The molecule has 0 aromatic heterocycles. The van der Waals surface area contributed by atoms with Crippen LogP contribution in [0.5, 0.6) is 0 Å². The molecule has 0 atom stereocenters. The third-order valence-corrected chi connectivity index (χ3v) is 11.0. The van der Waals surface area contributed by atoms with Gasteiger partial charge < -0.3 is 0 Å². The van der Waals surface area contributed by atoms with E-state index in [4.69, 9.17) is 0 Å². The molecule has 0 unspecified atom stereocenters. The van der Waals surface area contributed by atoms with Gasteiger partial charge in [0.15, 0.2) is 0 Å². The van der Waals surface area contributed by atoms with Crippen molar-refractivity contribution in [3.05, 3.63) is 0 Å². The van der Waals surface area contributed by atoms with Gasteiger partial charge in [-0.05, 0) is 12.1 Å². The van der Waals surface area contributed by atoms with Crippen LogP contribution < -0.4 is 0 Å². The van der Waals surface area contributed by atoms with Crippen LogP contribution in [0, 0.1) is 0 Å². The Morgan fingerprint density at radius 3 is 1.46 bits per heavy atom. The lowest BCUT2D eigenvalue weighted by atomic mass is 10.6. The maximum absolute atomic E-state index is 3.52. The highest BCUT2D eigenvalue weighted by molar-refractivity contribution is 9.25. The van der Waals surface area contributed by atoms with Gasteiger partial charge in [-0.25, -0.2) is 0 Å². The Labute approximate surface area is 120 Å². The van der Waals surface area contributed by atoms with Crippen LogP contribution in [-0.2, 0) is 0 Å². The van der Waals surface area contributed by atoms with E-state index < -0.39 is 0 Å². The van der Waals surface area contributed by atoms with Gasteiger partial charge in [0.1, 0.15) is 0 Å². The molecule has 0 N–H and O–H groups in total.